The van der Waals surface area contributed by atoms with E-state index in [1.54, 1.807) is 36.7 Å². The van der Waals surface area contributed by atoms with Crippen LogP contribution >= 0.6 is 0 Å². The SMILES string of the molecule is O=C(NCCc1cncnc1)c1cc2ccccc2oc1=O. The minimum absolute atomic E-state index is 0.00279. The normalized spacial score (nSPS) is 10.5. The van der Waals surface area contributed by atoms with Crippen molar-refractivity contribution < 1.29 is 9.21 Å². The van der Waals surface area contributed by atoms with E-state index >= 15 is 0 Å². The molecule has 3 aromatic rings. The fourth-order valence-corrected chi connectivity index (χ4v) is 2.09. The Hall–Kier alpha value is -3.02. The van der Waals surface area contributed by atoms with Crippen molar-refractivity contribution in [2.45, 2.75) is 6.42 Å². The van der Waals surface area contributed by atoms with Crippen molar-refractivity contribution in [1.29, 1.82) is 0 Å². The maximum absolute atomic E-state index is 12.1. The van der Waals surface area contributed by atoms with Crippen molar-refractivity contribution in [3.63, 3.8) is 0 Å². The van der Waals surface area contributed by atoms with Crippen LogP contribution in [0.5, 0.6) is 0 Å². The highest BCUT2D eigenvalue weighted by molar-refractivity contribution is 5.96. The van der Waals surface area contributed by atoms with E-state index in [4.69, 9.17) is 4.42 Å². The lowest BCUT2D eigenvalue weighted by Gasteiger charge is -2.05. The summed E-state index contributed by atoms with van der Waals surface area (Å²) in [4.78, 5) is 31.8. The van der Waals surface area contributed by atoms with Crippen molar-refractivity contribution in [2.24, 2.45) is 0 Å². The van der Waals surface area contributed by atoms with Crippen molar-refractivity contribution >= 4 is 16.9 Å². The Morgan fingerprint density at radius 1 is 1.18 bits per heavy atom. The van der Waals surface area contributed by atoms with E-state index in [0.717, 1.165) is 5.56 Å². The number of carbonyl (C=O) groups is 1. The molecule has 0 atom stereocenters. The molecule has 6 heteroatoms. The Morgan fingerprint density at radius 3 is 2.77 bits per heavy atom. The molecular formula is C16H13N3O3. The molecule has 3 rings (SSSR count). The smallest absolute Gasteiger partial charge is 0.349 e. The molecule has 110 valence electrons. The number of rotatable bonds is 4. The van der Waals surface area contributed by atoms with E-state index in [9.17, 15) is 9.59 Å². The molecule has 1 N–H and O–H groups in total. The number of nitrogens with one attached hydrogen (secondary N) is 1. The lowest BCUT2D eigenvalue weighted by atomic mass is 10.1. The number of hydrogen-bond donors (Lipinski definition) is 1. The first-order valence-electron chi connectivity index (χ1n) is 6.79. The van der Waals surface area contributed by atoms with Gasteiger partial charge in [0.2, 0.25) is 0 Å². The van der Waals surface area contributed by atoms with Crippen LogP contribution in [-0.4, -0.2) is 22.4 Å². The maximum atomic E-state index is 12.1. The summed E-state index contributed by atoms with van der Waals surface area (Å²) in [6.45, 7) is 0.387. The molecule has 0 bridgehead atoms. The zero-order valence-electron chi connectivity index (χ0n) is 11.7. The number of nitrogens with zero attached hydrogens (tertiary/aromatic N) is 2. The summed E-state index contributed by atoms with van der Waals surface area (Å²) in [7, 11) is 0. The van der Waals surface area contributed by atoms with Crippen molar-refractivity contribution in [3.8, 4) is 0 Å². The number of para-hydroxylation sites is 1. The van der Waals surface area contributed by atoms with Gasteiger partial charge in [-0.2, -0.15) is 0 Å². The van der Waals surface area contributed by atoms with Gasteiger partial charge in [-0.15, -0.1) is 0 Å². The fourth-order valence-electron chi connectivity index (χ4n) is 2.09. The molecule has 0 unspecified atom stereocenters. The highest BCUT2D eigenvalue weighted by Crippen LogP contribution is 2.12. The van der Waals surface area contributed by atoms with Gasteiger partial charge in [-0.3, -0.25) is 4.79 Å². The highest BCUT2D eigenvalue weighted by atomic mass is 16.4. The number of benzene rings is 1. The van der Waals surface area contributed by atoms with Gasteiger partial charge in [0.25, 0.3) is 5.91 Å². The molecule has 0 aliphatic carbocycles. The second kappa shape index (κ2) is 6.17. The van der Waals surface area contributed by atoms with Crippen LogP contribution in [0.1, 0.15) is 15.9 Å². The van der Waals surface area contributed by atoms with Crippen LogP contribution in [0, 0.1) is 0 Å². The van der Waals surface area contributed by atoms with E-state index in [0.29, 0.717) is 23.9 Å². The van der Waals surface area contributed by atoms with Gasteiger partial charge in [0, 0.05) is 24.3 Å². The molecule has 0 fully saturated rings. The van der Waals surface area contributed by atoms with Crippen LogP contribution in [0.25, 0.3) is 11.0 Å². The fraction of sp³-hybridized carbons (Fsp3) is 0.125. The first kappa shape index (κ1) is 13.9. The van der Waals surface area contributed by atoms with Crippen molar-refractivity contribution in [3.05, 3.63) is 70.6 Å². The lowest BCUT2D eigenvalue weighted by Crippen LogP contribution is -2.29. The number of fused-ring (bicyclic) bond motifs is 1. The lowest BCUT2D eigenvalue weighted by molar-refractivity contribution is 0.0950. The van der Waals surface area contributed by atoms with Gasteiger partial charge >= 0.3 is 5.63 Å². The number of hydrogen-bond acceptors (Lipinski definition) is 5. The first-order chi connectivity index (χ1) is 10.7. The van der Waals surface area contributed by atoms with Crippen molar-refractivity contribution in [2.75, 3.05) is 6.54 Å². The first-order valence-corrected chi connectivity index (χ1v) is 6.79. The molecule has 2 aromatic heterocycles. The third-order valence-electron chi connectivity index (χ3n) is 3.20. The highest BCUT2D eigenvalue weighted by Gasteiger charge is 2.13. The second-order valence-corrected chi connectivity index (χ2v) is 4.74. The molecule has 22 heavy (non-hydrogen) atoms. The standard InChI is InChI=1S/C16H13N3O3/c20-15(19-6-5-11-8-17-10-18-9-11)13-7-12-3-1-2-4-14(12)22-16(13)21/h1-4,7-10H,5-6H2,(H,19,20). The molecule has 0 aliphatic heterocycles. The third kappa shape index (κ3) is 3.01. The number of aromatic nitrogens is 2. The average molecular weight is 295 g/mol. The molecule has 0 saturated carbocycles. The molecule has 6 nitrogen and oxygen atoms in total. The van der Waals surface area contributed by atoms with Gasteiger partial charge in [0.05, 0.1) is 0 Å². The van der Waals surface area contributed by atoms with Crippen LogP contribution in [0.3, 0.4) is 0 Å². The summed E-state index contributed by atoms with van der Waals surface area (Å²) >= 11 is 0. The zero-order chi connectivity index (χ0) is 15.4. The minimum atomic E-state index is -0.640. The van der Waals surface area contributed by atoms with E-state index < -0.39 is 11.5 Å². The largest absolute Gasteiger partial charge is 0.422 e. The van der Waals surface area contributed by atoms with Gasteiger partial charge in [-0.05, 0) is 24.1 Å². The average Bonchev–Trinajstić information content (AvgIpc) is 2.55. The Labute approximate surface area is 125 Å². The van der Waals surface area contributed by atoms with E-state index in [-0.39, 0.29) is 5.56 Å². The summed E-state index contributed by atoms with van der Waals surface area (Å²) in [5.41, 5.74) is 0.737. The molecule has 1 amide bonds. The summed E-state index contributed by atoms with van der Waals surface area (Å²) in [5.74, 6) is -0.448. The monoisotopic (exact) mass is 295 g/mol. The van der Waals surface area contributed by atoms with Crippen LogP contribution < -0.4 is 10.9 Å². The molecule has 0 aliphatic rings. The Bertz CT molecular complexity index is 859. The molecular weight excluding hydrogens is 282 g/mol. The van der Waals surface area contributed by atoms with E-state index in [1.807, 2.05) is 6.07 Å². The molecule has 0 spiro atoms. The van der Waals surface area contributed by atoms with E-state index in [1.165, 1.54) is 6.33 Å². The van der Waals surface area contributed by atoms with Crippen LogP contribution in [-0.2, 0) is 6.42 Å². The van der Waals surface area contributed by atoms with Gasteiger partial charge in [0.1, 0.15) is 17.5 Å². The second-order valence-electron chi connectivity index (χ2n) is 4.74. The predicted octanol–water partition coefficient (Wildman–Crippen LogP) is 1.56. The van der Waals surface area contributed by atoms with Gasteiger partial charge in [0.15, 0.2) is 0 Å². The van der Waals surface area contributed by atoms with Gasteiger partial charge < -0.3 is 9.73 Å². The zero-order valence-corrected chi connectivity index (χ0v) is 11.7. The van der Waals surface area contributed by atoms with Gasteiger partial charge in [-0.25, -0.2) is 14.8 Å². The van der Waals surface area contributed by atoms with Crippen LogP contribution in [0.15, 0.2) is 58.3 Å². The topological polar surface area (TPSA) is 85.1 Å². The quantitative estimate of drug-likeness (QED) is 0.738. The van der Waals surface area contributed by atoms with E-state index in [2.05, 4.69) is 15.3 Å². The Morgan fingerprint density at radius 2 is 1.95 bits per heavy atom. The number of carbonyl (C=O) groups excluding carboxylic acids is 1. The van der Waals surface area contributed by atoms with Crippen LogP contribution in [0.2, 0.25) is 0 Å². The van der Waals surface area contributed by atoms with Crippen LogP contribution in [0.4, 0.5) is 0 Å². The predicted molar refractivity (Wildman–Crippen MR) is 80.6 cm³/mol. The van der Waals surface area contributed by atoms with Crippen molar-refractivity contribution in [1.82, 2.24) is 15.3 Å². The Kier molecular flexibility index (Phi) is 3.91. The molecule has 1 aromatic carbocycles. The minimum Gasteiger partial charge on any atom is -0.422 e. The molecule has 0 radical (unpaired) electrons. The molecule has 0 saturated heterocycles. The molecule has 2 heterocycles. The third-order valence-corrected chi connectivity index (χ3v) is 3.20. The number of amides is 1. The summed E-state index contributed by atoms with van der Waals surface area (Å²) in [5, 5.41) is 3.41. The summed E-state index contributed by atoms with van der Waals surface area (Å²) in [6, 6.07) is 8.61. The Balaban J connectivity index is 1.72. The maximum Gasteiger partial charge on any atom is 0.349 e. The van der Waals surface area contributed by atoms with Gasteiger partial charge in [-0.1, -0.05) is 18.2 Å². The summed E-state index contributed by atoms with van der Waals surface area (Å²) < 4.78 is 5.14. The summed E-state index contributed by atoms with van der Waals surface area (Å²) in [6.07, 6.45) is 5.40.